The molecule has 26 heavy (non-hydrogen) atoms. The minimum atomic E-state index is -0.624. The second kappa shape index (κ2) is 7.60. The third-order valence-electron chi connectivity index (χ3n) is 3.99. The molecule has 2 N–H and O–H groups in total. The summed E-state index contributed by atoms with van der Waals surface area (Å²) in [4.78, 5) is 49.0. The summed E-state index contributed by atoms with van der Waals surface area (Å²) >= 11 is 0. The number of nitrogens with zero attached hydrogens (tertiary/aromatic N) is 1. The van der Waals surface area contributed by atoms with E-state index in [2.05, 4.69) is 10.6 Å². The van der Waals surface area contributed by atoms with E-state index in [1.165, 1.54) is 0 Å². The molecule has 0 saturated carbocycles. The van der Waals surface area contributed by atoms with Crippen molar-refractivity contribution in [2.45, 2.75) is 13.0 Å². The number of rotatable bonds is 5. The molecule has 0 aliphatic carbocycles. The zero-order valence-corrected chi connectivity index (χ0v) is 13.9. The Kier molecular flexibility index (Phi) is 5.07. The number of fused-ring (bicyclic) bond motifs is 1. The van der Waals surface area contributed by atoms with Gasteiger partial charge in [-0.1, -0.05) is 42.5 Å². The lowest BCUT2D eigenvalue weighted by atomic mass is 10.1. The molecule has 0 fully saturated rings. The highest BCUT2D eigenvalue weighted by molar-refractivity contribution is 6.21. The van der Waals surface area contributed by atoms with Crippen LogP contribution in [0.1, 0.15) is 32.7 Å². The van der Waals surface area contributed by atoms with E-state index in [0.29, 0.717) is 17.7 Å². The largest absolute Gasteiger partial charge is 0.334 e. The predicted molar refractivity (Wildman–Crippen MR) is 93.2 cm³/mol. The van der Waals surface area contributed by atoms with Crippen LogP contribution in [-0.2, 0) is 11.3 Å². The van der Waals surface area contributed by atoms with E-state index in [9.17, 15) is 19.2 Å². The summed E-state index contributed by atoms with van der Waals surface area (Å²) in [6.45, 7) is 0.211. The third-order valence-corrected chi connectivity index (χ3v) is 3.99. The quantitative estimate of drug-likeness (QED) is 0.802. The van der Waals surface area contributed by atoms with Crippen molar-refractivity contribution in [3.63, 3.8) is 0 Å². The lowest BCUT2D eigenvalue weighted by Gasteiger charge is -2.13. The summed E-state index contributed by atoms with van der Waals surface area (Å²) in [6.07, 6.45) is -0.149. The smallest absolute Gasteiger partial charge is 0.321 e. The maximum Gasteiger partial charge on any atom is 0.321 e. The normalized spacial score (nSPS) is 12.7. The molecule has 7 nitrogen and oxygen atoms in total. The molecule has 0 unspecified atom stereocenters. The molecule has 0 bridgehead atoms. The number of benzene rings is 2. The summed E-state index contributed by atoms with van der Waals surface area (Å²) in [5.74, 6) is -1.41. The average Bonchev–Trinajstić information content (AvgIpc) is 2.90. The summed E-state index contributed by atoms with van der Waals surface area (Å²) in [6, 6.07) is 15.2. The first-order valence-electron chi connectivity index (χ1n) is 8.13. The maximum absolute atomic E-state index is 12.2. The van der Waals surface area contributed by atoms with E-state index < -0.39 is 23.8 Å². The van der Waals surface area contributed by atoms with Crippen molar-refractivity contribution in [3.8, 4) is 0 Å². The Morgan fingerprint density at radius 1 is 0.846 bits per heavy atom. The van der Waals surface area contributed by atoms with Crippen LogP contribution in [0.25, 0.3) is 0 Å². The molecule has 0 radical (unpaired) electrons. The fourth-order valence-corrected chi connectivity index (χ4v) is 2.67. The van der Waals surface area contributed by atoms with E-state index in [0.717, 1.165) is 10.5 Å². The van der Waals surface area contributed by atoms with Crippen LogP contribution in [-0.4, -0.2) is 35.2 Å². The summed E-state index contributed by atoms with van der Waals surface area (Å²) in [7, 11) is 0. The molecule has 132 valence electrons. The van der Waals surface area contributed by atoms with Crippen LogP contribution in [0.3, 0.4) is 0 Å². The van der Waals surface area contributed by atoms with E-state index in [4.69, 9.17) is 0 Å². The van der Waals surface area contributed by atoms with Crippen molar-refractivity contribution in [2.24, 2.45) is 0 Å². The molecule has 0 atom stereocenters. The van der Waals surface area contributed by atoms with Crippen LogP contribution in [0.2, 0.25) is 0 Å². The molecule has 3 rings (SSSR count). The highest BCUT2D eigenvalue weighted by Gasteiger charge is 2.34. The van der Waals surface area contributed by atoms with E-state index >= 15 is 0 Å². The van der Waals surface area contributed by atoms with Gasteiger partial charge >= 0.3 is 6.03 Å². The van der Waals surface area contributed by atoms with Crippen LogP contribution >= 0.6 is 0 Å². The number of carbonyl (C=O) groups excluding carboxylic acids is 4. The van der Waals surface area contributed by atoms with Gasteiger partial charge in [0.1, 0.15) is 0 Å². The van der Waals surface area contributed by atoms with Crippen LogP contribution in [0.4, 0.5) is 4.79 Å². The predicted octanol–water partition coefficient (Wildman–Crippen LogP) is 1.70. The molecule has 0 spiro atoms. The topological polar surface area (TPSA) is 95.6 Å². The number of amides is 5. The first kappa shape index (κ1) is 17.3. The molecule has 7 heteroatoms. The molecule has 0 aromatic heterocycles. The second-order valence-electron chi connectivity index (χ2n) is 5.77. The first-order chi connectivity index (χ1) is 12.6. The van der Waals surface area contributed by atoms with Gasteiger partial charge in [-0.05, 0) is 17.7 Å². The number of imide groups is 2. The molecule has 1 aliphatic rings. The third kappa shape index (κ3) is 3.77. The molecule has 5 amide bonds. The summed E-state index contributed by atoms with van der Waals surface area (Å²) in [5.41, 5.74) is 1.57. The lowest BCUT2D eigenvalue weighted by Crippen LogP contribution is -2.41. The summed E-state index contributed by atoms with van der Waals surface area (Å²) in [5, 5.41) is 4.76. The van der Waals surface area contributed by atoms with Gasteiger partial charge in [0.25, 0.3) is 11.8 Å². The molecule has 2 aromatic carbocycles. The molecule has 2 aromatic rings. The van der Waals surface area contributed by atoms with Crippen molar-refractivity contribution in [1.29, 1.82) is 0 Å². The molecular weight excluding hydrogens is 334 g/mol. The van der Waals surface area contributed by atoms with Crippen LogP contribution in [0.15, 0.2) is 54.6 Å². The first-order valence-corrected chi connectivity index (χ1v) is 8.13. The number of carbonyl (C=O) groups is 4. The standard InChI is InChI=1S/C19H17N3O4/c23-16(21-19(26)20-12-13-6-2-1-3-7-13)10-11-22-17(24)14-8-4-5-9-15(14)18(22)25/h1-9H,10-12H2,(H2,20,21,23,26). The van der Waals surface area contributed by atoms with Gasteiger partial charge in [0.15, 0.2) is 0 Å². The van der Waals surface area contributed by atoms with Crippen molar-refractivity contribution < 1.29 is 19.2 Å². The molecule has 1 aliphatic heterocycles. The summed E-state index contributed by atoms with van der Waals surface area (Å²) < 4.78 is 0. The molecule has 0 saturated heterocycles. The van der Waals surface area contributed by atoms with Gasteiger partial charge in [0, 0.05) is 19.5 Å². The second-order valence-corrected chi connectivity index (χ2v) is 5.77. The number of hydrogen-bond acceptors (Lipinski definition) is 4. The fraction of sp³-hybridized carbons (Fsp3) is 0.158. The molecular formula is C19H17N3O4. The number of nitrogens with one attached hydrogen (secondary N) is 2. The minimum Gasteiger partial charge on any atom is -0.334 e. The highest BCUT2D eigenvalue weighted by Crippen LogP contribution is 2.22. The van der Waals surface area contributed by atoms with Gasteiger partial charge in [0.05, 0.1) is 11.1 Å². The van der Waals surface area contributed by atoms with Gasteiger partial charge in [-0.2, -0.15) is 0 Å². The Morgan fingerprint density at radius 2 is 1.42 bits per heavy atom. The van der Waals surface area contributed by atoms with E-state index in [-0.39, 0.29) is 13.0 Å². The van der Waals surface area contributed by atoms with Crippen molar-refractivity contribution >= 4 is 23.8 Å². The zero-order chi connectivity index (χ0) is 18.5. The van der Waals surface area contributed by atoms with Gasteiger partial charge in [-0.3, -0.25) is 24.6 Å². The maximum atomic E-state index is 12.2. The molecule has 1 heterocycles. The Hall–Kier alpha value is -3.48. The SMILES string of the molecule is O=C(CCN1C(=O)c2ccccc2C1=O)NC(=O)NCc1ccccc1. The van der Waals surface area contributed by atoms with Gasteiger partial charge < -0.3 is 5.32 Å². The highest BCUT2D eigenvalue weighted by atomic mass is 16.2. The Labute approximate surface area is 150 Å². The monoisotopic (exact) mass is 351 g/mol. The van der Waals surface area contributed by atoms with Crippen molar-refractivity contribution in [2.75, 3.05) is 6.54 Å². The fourth-order valence-electron chi connectivity index (χ4n) is 2.67. The van der Waals surface area contributed by atoms with Gasteiger partial charge in [-0.15, -0.1) is 0 Å². The zero-order valence-electron chi connectivity index (χ0n) is 13.9. The van der Waals surface area contributed by atoms with Crippen molar-refractivity contribution in [1.82, 2.24) is 15.5 Å². The van der Waals surface area contributed by atoms with Crippen LogP contribution in [0.5, 0.6) is 0 Å². The Balaban J connectivity index is 1.47. The number of urea groups is 1. The van der Waals surface area contributed by atoms with Crippen LogP contribution < -0.4 is 10.6 Å². The van der Waals surface area contributed by atoms with E-state index in [1.807, 2.05) is 30.3 Å². The lowest BCUT2D eigenvalue weighted by molar-refractivity contribution is -0.120. The van der Waals surface area contributed by atoms with Crippen molar-refractivity contribution in [3.05, 3.63) is 71.3 Å². The van der Waals surface area contributed by atoms with Gasteiger partial charge in [-0.25, -0.2) is 4.79 Å². The van der Waals surface area contributed by atoms with Gasteiger partial charge in [0.2, 0.25) is 5.91 Å². The van der Waals surface area contributed by atoms with E-state index in [1.54, 1.807) is 24.3 Å². The van der Waals surface area contributed by atoms with Crippen LogP contribution in [0, 0.1) is 0 Å². The number of hydrogen-bond donors (Lipinski definition) is 2. The Bertz CT molecular complexity index is 829. The average molecular weight is 351 g/mol. The minimum absolute atomic E-state index is 0.0792. The Morgan fingerprint density at radius 3 is 2.04 bits per heavy atom.